The molecule has 378 valence electrons. The van der Waals surface area contributed by atoms with E-state index in [1.807, 2.05) is 6.07 Å². The Morgan fingerprint density at radius 3 is 1.96 bits per heavy atom. The molecular weight excluding hydrogens is 911 g/mol. The maximum absolute atomic E-state index is 16.0. The Balaban J connectivity index is 1.43. The highest BCUT2D eigenvalue weighted by Gasteiger charge is 2.78. The zero-order chi connectivity index (χ0) is 51.0. The summed E-state index contributed by atoms with van der Waals surface area (Å²) in [6.45, 7) is 17.7. The first-order valence-electron chi connectivity index (χ1n) is 24.8. The van der Waals surface area contributed by atoms with E-state index in [9.17, 15) is 24.6 Å². The first-order valence-corrected chi connectivity index (χ1v) is 27.4. The van der Waals surface area contributed by atoms with Crippen molar-refractivity contribution in [3.63, 3.8) is 0 Å². The number of carbonyl (C=O) groups excluding carboxylic acids is 5. The predicted molar refractivity (Wildman–Crippen MR) is 263 cm³/mol. The van der Waals surface area contributed by atoms with Crippen molar-refractivity contribution in [1.29, 1.82) is 0 Å². The van der Waals surface area contributed by atoms with Gasteiger partial charge in [-0.05, 0) is 86.8 Å². The highest BCUT2D eigenvalue weighted by atomic mass is 28.4. The lowest BCUT2D eigenvalue weighted by Crippen LogP contribution is -2.82. The van der Waals surface area contributed by atoms with Crippen molar-refractivity contribution in [2.24, 2.45) is 22.7 Å². The summed E-state index contributed by atoms with van der Waals surface area (Å²) >= 11 is 0. The normalized spacial score (nSPS) is 30.4. The van der Waals surface area contributed by atoms with Crippen molar-refractivity contribution in [2.75, 3.05) is 13.2 Å². The van der Waals surface area contributed by atoms with Gasteiger partial charge in [0.25, 0.3) is 5.91 Å². The summed E-state index contributed by atoms with van der Waals surface area (Å²) < 4.78 is 39.3. The fourth-order valence-corrected chi connectivity index (χ4v) is 15.2. The number of nitrogens with one attached hydrogen (secondary N) is 1. The third-order valence-corrected chi connectivity index (χ3v) is 21.2. The van der Waals surface area contributed by atoms with Gasteiger partial charge in [-0.25, -0.2) is 4.79 Å². The number of aliphatic hydroxyl groups excluding tert-OH is 1. The van der Waals surface area contributed by atoms with Crippen molar-refractivity contribution in [3.05, 3.63) is 119 Å². The molecule has 2 saturated carbocycles. The number of esters is 3. The van der Waals surface area contributed by atoms with E-state index in [0.717, 1.165) is 18.1 Å². The minimum Gasteiger partial charge on any atom is -0.457 e. The number of rotatable bonds is 17. The van der Waals surface area contributed by atoms with Crippen LogP contribution in [0.4, 0.5) is 0 Å². The van der Waals surface area contributed by atoms with Crippen LogP contribution < -0.4 is 5.32 Å². The molecule has 1 saturated heterocycles. The number of ketones is 1. The number of amides is 1. The number of ether oxygens (including phenoxy) is 5. The van der Waals surface area contributed by atoms with Crippen LogP contribution in [0.25, 0.3) is 0 Å². The number of fused-ring (bicyclic) bond motifs is 5. The van der Waals surface area contributed by atoms with E-state index in [0.29, 0.717) is 16.7 Å². The smallest absolute Gasteiger partial charge is 0.338 e. The van der Waals surface area contributed by atoms with Gasteiger partial charge in [-0.1, -0.05) is 101 Å². The summed E-state index contributed by atoms with van der Waals surface area (Å²) in [4.78, 5) is 73.3. The molecule has 12 atom stereocenters. The molecule has 3 N–H and O–H groups in total. The minimum atomic E-state index is -2.58. The highest BCUT2D eigenvalue weighted by Crippen LogP contribution is 2.65. The highest BCUT2D eigenvalue weighted by molar-refractivity contribution is 6.73. The van der Waals surface area contributed by atoms with Gasteiger partial charge >= 0.3 is 17.9 Å². The molecule has 1 aliphatic heterocycles. The Bertz CT molecular complexity index is 2420. The minimum absolute atomic E-state index is 0.0909. The average molecular weight is 982 g/mol. The number of carbonyl (C=O) groups is 5. The standard InChI is InChI=1S/C55H71NO13Si/c1-11-64-34(6)42(44(36-24-18-15-19-25-36)56-49(60)37-26-20-16-21-27-37)51(62)66-39-31-55(63)48(67-50(61)38-28-22-17-23-29-38)46-53(10,47(59)45(58)43(33(39)5)52(55,8)9)40(69-70(12-2,13-3)14-4)30-41-54(46,32-65-41)68-35(7)57/h15-29,34,39-42,44-46,48,58,63H,11-14,30-32H2,1-10H3,(H,56,60)/t34?,39-,40-,41+,42+,44-,45+,46?,48-,53+,54-,55+/m0/s1. The van der Waals surface area contributed by atoms with Crippen molar-refractivity contribution in [3.8, 4) is 0 Å². The zero-order valence-electron chi connectivity index (χ0n) is 42.2. The van der Waals surface area contributed by atoms with Crippen molar-refractivity contribution in [1.82, 2.24) is 5.32 Å². The lowest BCUT2D eigenvalue weighted by atomic mass is 9.44. The number of hydrogen-bond acceptors (Lipinski definition) is 13. The first kappa shape index (κ1) is 52.8. The summed E-state index contributed by atoms with van der Waals surface area (Å²) in [5.41, 5.74) is -5.73. The number of Topliss-reactive ketones (excluding diaryl/α,β-unsaturated/α-hetero) is 1. The zero-order valence-corrected chi connectivity index (χ0v) is 43.2. The van der Waals surface area contributed by atoms with E-state index in [4.69, 9.17) is 28.1 Å². The fourth-order valence-electron chi connectivity index (χ4n) is 12.3. The SMILES string of the molecule is CCOC(C)[C@@H](C(=O)O[C@H]1C[C@@]2(O)[C@@H](OC(=O)c3ccccc3)C3[C@](C)(C(=O)[C@H](O)C(=C1C)C2(C)C)[C@@H](O[Si](CC)(CC)CC)C[C@H]1OC[C@@]31OC(C)=O)[C@@H](NC(=O)c1ccccc1)c1ccccc1. The molecule has 3 aromatic carbocycles. The van der Waals surface area contributed by atoms with Crippen LogP contribution in [0.3, 0.4) is 0 Å². The number of aliphatic hydroxyl groups is 2. The van der Waals surface area contributed by atoms with E-state index in [1.54, 1.807) is 126 Å². The Hall–Kier alpha value is -5.03. The van der Waals surface area contributed by atoms with Gasteiger partial charge in [0.2, 0.25) is 0 Å². The molecule has 2 bridgehead atoms. The molecule has 3 fully saturated rings. The van der Waals surface area contributed by atoms with Crippen molar-refractivity contribution < 1.29 is 62.3 Å². The molecule has 3 aromatic rings. The quantitative estimate of drug-likeness (QED) is 0.0513. The van der Waals surface area contributed by atoms with Gasteiger partial charge in [0.1, 0.15) is 35.9 Å². The van der Waals surface area contributed by atoms with Gasteiger partial charge < -0.3 is 43.6 Å². The Morgan fingerprint density at radius 1 is 0.857 bits per heavy atom. The monoisotopic (exact) mass is 981 g/mol. The molecule has 7 rings (SSSR count). The van der Waals surface area contributed by atoms with Crippen LogP contribution >= 0.6 is 0 Å². The van der Waals surface area contributed by atoms with Gasteiger partial charge in [0.05, 0.1) is 41.8 Å². The number of hydrogen-bond donors (Lipinski definition) is 3. The van der Waals surface area contributed by atoms with E-state index in [2.05, 4.69) is 26.1 Å². The first-order chi connectivity index (χ1) is 33.2. The maximum Gasteiger partial charge on any atom is 0.338 e. The third-order valence-electron chi connectivity index (χ3n) is 16.5. The van der Waals surface area contributed by atoms with Crippen LogP contribution in [0.1, 0.15) is 114 Å². The lowest BCUT2D eigenvalue weighted by molar-refractivity contribution is -0.344. The second kappa shape index (κ2) is 20.6. The molecule has 2 unspecified atom stereocenters. The van der Waals surface area contributed by atoms with E-state index >= 15 is 9.59 Å². The largest absolute Gasteiger partial charge is 0.457 e. The molecule has 4 aliphatic rings. The van der Waals surface area contributed by atoms with Crippen LogP contribution in [-0.2, 0) is 42.5 Å². The molecular formula is C55H71NO13Si. The van der Waals surface area contributed by atoms with E-state index in [1.165, 1.54) is 6.92 Å². The van der Waals surface area contributed by atoms with Crippen LogP contribution in [-0.4, -0.2) is 109 Å². The van der Waals surface area contributed by atoms with Gasteiger partial charge in [-0.15, -0.1) is 0 Å². The second-order valence-corrected chi connectivity index (χ2v) is 25.1. The lowest BCUT2D eigenvalue weighted by Gasteiger charge is -2.68. The Kier molecular flexibility index (Phi) is 15.5. The molecule has 70 heavy (non-hydrogen) atoms. The Morgan fingerprint density at radius 2 is 1.43 bits per heavy atom. The molecule has 0 radical (unpaired) electrons. The van der Waals surface area contributed by atoms with Gasteiger partial charge in [0, 0.05) is 37.4 Å². The van der Waals surface area contributed by atoms with Crippen LogP contribution in [0.2, 0.25) is 18.1 Å². The molecule has 1 heterocycles. The molecule has 0 spiro atoms. The van der Waals surface area contributed by atoms with Crippen LogP contribution in [0.15, 0.2) is 102 Å². The third kappa shape index (κ3) is 9.10. The van der Waals surface area contributed by atoms with Gasteiger partial charge in [-0.3, -0.25) is 19.2 Å². The summed E-state index contributed by atoms with van der Waals surface area (Å²) in [7, 11) is -2.58. The van der Waals surface area contributed by atoms with Gasteiger partial charge in [0.15, 0.2) is 19.7 Å². The molecule has 14 nitrogen and oxygen atoms in total. The number of benzene rings is 3. The summed E-state index contributed by atoms with van der Waals surface area (Å²) in [5, 5.41) is 30.1. The molecule has 3 aliphatic carbocycles. The van der Waals surface area contributed by atoms with Crippen LogP contribution in [0, 0.1) is 22.7 Å². The van der Waals surface area contributed by atoms with Crippen LogP contribution in [0.5, 0.6) is 0 Å². The predicted octanol–water partition coefficient (Wildman–Crippen LogP) is 7.87. The molecule has 0 aromatic heterocycles. The second-order valence-electron chi connectivity index (χ2n) is 20.3. The fraction of sp³-hybridized carbons (Fsp3) is 0.545. The molecule has 1 amide bonds. The van der Waals surface area contributed by atoms with Crippen molar-refractivity contribution in [2.45, 2.75) is 154 Å². The van der Waals surface area contributed by atoms with Crippen molar-refractivity contribution >= 4 is 37.9 Å². The summed E-state index contributed by atoms with van der Waals surface area (Å²) in [6, 6.07) is 27.0. The molecule has 15 heteroatoms. The summed E-state index contributed by atoms with van der Waals surface area (Å²) in [6.07, 6.45) is -7.81. The topological polar surface area (TPSA) is 193 Å². The average Bonchev–Trinajstić information content (AvgIpc) is 3.34. The van der Waals surface area contributed by atoms with Gasteiger partial charge in [-0.2, -0.15) is 0 Å². The Labute approximate surface area is 412 Å². The van der Waals surface area contributed by atoms with E-state index < -0.39 is 121 Å². The maximum atomic E-state index is 16.0. The summed E-state index contributed by atoms with van der Waals surface area (Å²) in [5.74, 6) is -5.98. The van der Waals surface area contributed by atoms with E-state index in [-0.39, 0.29) is 30.8 Å².